The van der Waals surface area contributed by atoms with Gasteiger partial charge in [-0.1, -0.05) is 56.7 Å². The van der Waals surface area contributed by atoms with Crippen LogP contribution in [-0.2, 0) is 11.4 Å². The van der Waals surface area contributed by atoms with Gasteiger partial charge in [-0.25, -0.2) is 0 Å². The topological polar surface area (TPSA) is 85.0 Å². The first-order chi connectivity index (χ1) is 18.5. The third-order valence-corrected chi connectivity index (χ3v) is 9.25. The molecule has 3 aliphatic rings. The first kappa shape index (κ1) is 27.2. The van der Waals surface area contributed by atoms with E-state index < -0.39 is 4.92 Å². The van der Waals surface area contributed by atoms with Crippen molar-refractivity contribution in [1.82, 2.24) is 4.90 Å². The van der Waals surface area contributed by atoms with Crippen molar-refractivity contribution in [3.63, 3.8) is 0 Å². The van der Waals surface area contributed by atoms with Crippen molar-refractivity contribution in [2.45, 2.75) is 82.9 Å². The highest BCUT2D eigenvalue weighted by molar-refractivity contribution is 14.1. The molecule has 1 aliphatic heterocycles. The smallest absolute Gasteiger partial charge is 0.269 e. The molecule has 1 saturated heterocycles. The molecule has 0 N–H and O–H groups in total. The summed E-state index contributed by atoms with van der Waals surface area (Å²) in [6, 6.07) is 12.9. The fourth-order valence-electron chi connectivity index (χ4n) is 5.40. The molecule has 5 rings (SSSR count). The number of carbonyl (C=O) groups excluding carboxylic acids is 1. The average Bonchev–Trinajstić information content (AvgIpc) is 3.23. The van der Waals surface area contributed by atoms with E-state index in [4.69, 9.17) is 9.73 Å². The molecule has 38 heavy (non-hydrogen) atoms. The number of nitro groups is 1. The average molecular weight is 646 g/mol. The summed E-state index contributed by atoms with van der Waals surface area (Å²) in [6.45, 7) is 0.240. The second-order valence-corrected chi connectivity index (χ2v) is 12.4. The maximum atomic E-state index is 13.6. The van der Waals surface area contributed by atoms with Crippen LogP contribution >= 0.6 is 34.4 Å². The molecule has 0 spiro atoms. The number of aliphatic imine (C=N–C) groups is 1. The van der Waals surface area contributed by atoms with E-state index in [1.165, 1.54) is 62.4 Å². The number of nitrogens with zero attached hydrogens (tertiary/aromatic N) is 3. The molecule has 2 aromatic carbocycles. The summed E-state index contributed by atoms with van der Waals surface area (Å²) >= 11 is 3.76. The molecular weight excluding hydrogens is 613 g/mol. The highest BCUT2D eigenvalue weighted by atomic mass is 127. The van der Waals surface area contributed by atoms with E-state index in [-0.39, 0.29) is 24.2 Å². The summed E-state index contributed by atoms with van der Waals surface area (Å²) in [6.07, 6.45) is 13.6. The number of non-ortho nitro benzene ring substituents is 1. The van der Waals surface area contributed by atoms with Gasteiger partial charge in [-0.05, 0) is 89.4 Å². The maximum Gasteiger partial charge on any atom is 0.269 e. The minimum absolute atomic E-state index is 0.0511. The lowest BCUT2D eigenvalue weighted by atomic mass is 9.94. The van der Waals surface area contributed by atoms with Crippen LogP contribution in [0.3, 0.4) is 0 Å². The summed E-state index contributed by atoms with van der Waals surface area (Å²) in [4.78, 5) is 32.1. The Morgan fingerprint density at radius 3 is 2.50 bits per heavy atom. The summed E-state index contributed by atoms with van der Waals surface area (Å²) < 4.78 is 6.87. The fourth-order valence-corrected chi connectivity index (χ4v) is 7.20. The van der Waals surface area contributed by atoms with Crippen molar-refractivity contribution in [2.24, 2.45) is 4.99 Å². The number of carbonyl (C=O) groups is 1. The summed E-state index contributed by atoms with van der Waals surface area (Å²) in [5.74, 6) is 0.783. The number of thioether (sulfide) groups is 1. The number of nitro benzene ring substituents is 1. The van der Waals surface area contributed by atoms with E-state index in [0.717, 1.165) is 50.5 Å². The standard InChI is InChI=1S/C29H32IN3O4S/c30-25-17-20(14-15-26(25)37-19-21-8-7-13-24(16-21)33(35)36)18-27-28(34)32(23-11-5-2-6-12-23)29(38-27)31-22-9-3-1-4-10-22/h7-8,13-18,22-23H,1-6,9-12,19H2. The number of halogens is 1. The minimum atomic E-state index is -0.404. The molecule has 1 amide bonds. The largest absolute Gasteiger partial charge is 0.488 e. The van der Waals surface area contributed by atoms with E-state index in [2.05, 4.69) is 22.6 Å². The van der Waals surface area contributed by atoms with E-state index in [1.807, 2.05) is 35.2 Å². The summed E-state index contributed by atoms with van der Waals surface area (Å²) in [5, 5.41) is 11.9. The van der Waals surface area contributed by atoms with Crippen molar-refractivity contribution in [3.8, 4) is 5.75 Å². The van der Waals surface area contributed by atoms with Gasteiger partial charge in [-0.3, -0.25) is 24.8 Å². The number of rotatable bonds is 7. The Morgan fingerprint density at radius 1 is 1.05 bits per heavy atom. The molecule has 0 radical (unpaired) electrons. The molecule has 0 bridgehead atoms. The van der Waals surface area contributed by atoms with Gasteiger partial charge in [0.2, 0.25) is 0 Å². The number of amides is 1. The first-order valence-electron chi connectivity index (χ1n) is 13.4. The molecular formula is C29H32IN3O4S. The number of amidine groups is 1. The third kappa shape index (κ3) is 6.59. The molecule has 7 nitrogen and oxygen atoms in total. The molecule has 9 heteroatoms. The Morgan fingerprint density at radius 2 is 1.79 bits per heavy atom. The lowest BCUT2D eigenvalue weighted by Crippen LogP contribution is -2.41. The van der Waals surface area contributed by atoms with Crippen LogP contribution in [0.4, 0.5) is 5.69 Å². The normalized spacial score (nSPS) is 21.4. The molecule has 0 unspecified atom stereocenters. The molecule has 2 saturated carbocycles. The number of benzene rings is 2. The fraction of sp³-hybridized carbons (Fsp3) is 0.448. The zero-order valence-electron chi connectivity index (χ0n) is 21.3. The van der Waals surface area contributed by atoms with Crippen molar-refractivity contribution < 1.29 is 14.5 Å². The lowest BCUT2D eigenvalue weighted by Gasteiger charge is -2.31. The predicted molar refractivity (Wildman–Crippen MR) is 160 cm³/mol. The van der Waals surface area contributed by atoms with E-state index >= 15 is 0 Å². The number of ether oxygens (including phenoxy) is 1. The van der Waals surface area contributed by atoms with Gasteiger partial charge in [0.1, 0.15) is 12.4 Å². The quantitative estimate of drug-likeness (QED) is 0.133. The Balaban J connectivity index is 1.32. The second kappa shape index (κ2) is 12.6. The van der Waals surface area contributed by atoms with Crippen LogP contribution in [0.5, 0.6) is 5.75 Å². The third-order valence-electron chi connectivity index (χ3n) is 7.41. The molecule has 2 aromatic rings. The number of hydrogen-bond acceptors (Lipinski definition) is 6. The van der Waals surface area contributed by atoms with E-state index in [9.17, 15) is 14.9 Å². The predicted octanol–water partition coefficient (Wildman–Crippen LogP) is 7.72. The Kier molecular flexibility index (Phi) is 9.04. The highest BCUT2D eigenvalue weighted by Crippen LogP contribution is 2.39. The van der Waals surface area contributed by atoms with Crippen LogP contribution in [0.2, 0.25) is 0 Å². The van der Waals surface area contributed by atoms with E-state index in [1.54, 1.807) is 6.07 Å². The minimum Gasteiger partial charge on any atom is -0.488 e. The SMILES string of the molecule is O=C1C(=Cc2ccc(OCc3cccc([N+](=O)[O-])c3)c(I)c2)SC(=NC2CCCCC2)N1C1CCCCC1. The molecule has 0 aromatic heterocycles. The monoisotopic (exact) mass is 645 g/mol. The van der Waals surface area contributed by atoms with Gasteiger partial charge in [0.15, 0.2) is 5.17 Å². The van der Waals surface area contributed by atoms with Gasteiger partial charge in [0, 0.05) is 18.2 Å². The second-order valence-electron chi connectivity index (χ2n) is 10.2. The zero-order valence-corrected chi connectivity index (χ0v) is 24.3. The van der Waals surface area contributed by atoms with Gasteiger partial charge in [-0.2, -0.15) is 0 Å². The van der Waals surface area contributed by atoms with Crippen molar-refractivity contribution in [3.05, 3.63) is 72.2 Å². The van der Waals surface area contributed by atoms with Crippen molar-refractivity contribution >= 4 is 57.2 Å². The molecule has 1 heterocycles. The van der Waals surface area contributed by atoms with E-state index in [0.29, 0.717) is 11.8 Å². The lowest BCUT2D eigenvalue weighted by molar-refractivity contribution is -0.384. The Labute approximate surface area is 241 Å². The first-order valence-corrected chi connectivity index (χ1v) is 15.3. The Bertz CT molecular complexity index is 1250. The molecule has 200 valence electrons. The van der Waals surface area contributed by atoms with Crippen molar-refractivity contribution in [1.29, 1.82) is 0 Å². The maximum absolute atomic E-state index is 13.6. The van der Waals surface area contributed by atoms with Crippen LogP contribution in [0.25, 0.3) is 6.08 Å². The van der Waals surface area contributed by atoms with Gasteiger partial charge in [0.25, 0.3) is 11.6 Å². The van der Waals surface area contributed by atoms with Gasteiger partial charge < -0.3 is 4.74 Å². The highest BCUT2D eigenvalue weighted by Gasteiger charge is 2.39. The summed E-state index contributed by atoms with van der Waals surface area (Å²) in [7, 11) is 0. The van der Waals surface area contributed by atoms with Crippen LogP contribution in [0.15, 0.2) is 52.4 Å². The molecule has 2 aliphatic carbocycles. The van der Waals surface area contributed by atoms with Crippen molar-refractivity contribution in [2.75, 3.05) is 0 Å². The summed E-state index contributed by atoms with van der Waals surface area (Å²) in [5.41, 5.74) is 1.73. The van der Waals surface area contributed by atoms with Crippen LogP contribution in [-0.4, -0.2) is 33.0 Å². The Hall–Kier alpha value is -2.40. The molecule has 3 fully saturated rings. The zero-order chi connectivity index (χ0) is 26.5. The number of hydrogen-bond donors (Lipinski definition) is 0. The van der Waals surface area contributed by atoms with Crippen LogP contribution < -0.4 is 4.74 Å². The van der Waals surface area contributed by atoms with Gasteiger partial charge in [-0.15, -0.1) is 0 Å². The van der Waals surface area contributed by atoms with Crippen LogP contribution in [0, 0.1) is 13.7 Å². The van der Waals surface area contributed by atoms with Gasteiger partial charge >= 0.3 is 0 Å². The van der Waals surface area contributed by atoms with Crippen LogP contribution in [0.1, 0.15) is 75.3 Å². The molecule has 0 atom stereocenters. The van der Waals surface area contributed by atoms with Gasteiger partial charge in [0.05, 0.1) is 19.4 Å².